The van der Waals surface area contributed by atoms with Gasteiger partial charge in [0.25, 0.3) is 0 Å². The van der Waals surface area contributed by atoms with Crippen LogP contribution in [-0.2, 0) is 13.6 Å². The number of hydrogen-bond acceptors (Lipinski definition) is 5. The van der Waals surface area contributed by atoms with Crippen LogP contribution in [0.4, 0.5) is 10.2 Å². The standard InChI is InChI=1S/C8H9FN6/c1-15-5-6(13-14-15)4-11-7-2-3-10-8(9)12-7/h2-3,5H,4H2,1H3,(H,10,11,12). The van der Waals surface area contributed by atoms with Crippen LogP contribution in [0.25, 0.3) is 0 Å². The Hall–Kier alpha value is -2.05. The summed E-state index contributed by atoms with van der Waals surface area (Å²) in [4.78, 5) is 6.90. The van der Waals surface area contributed by atoms with Gasteiger partial charge in [0, 0.05) is 19.4 Å². The van der Waals surface area contributed by atoms with Crippen molar-refractivity contribution in [2.75, 3.05) is 5.32 Å². The minimum Gasteiger partial charge on any atom is -0.364 e. The first kappa shape index (κ1) is 9.50. The van der Waals surface area contributed by atoms with Crippen LogP contribution in [0.5, 0.6) is 0 Å². The second-order valence-corrected chi connectivity index (χ2v) is 2.95. The van der Waals surface area contributed by atoms with Crippen LogP contribution >= 0.6 is 0 Å². The minimum absolute atomic E-state index is 0.424. The molecule has 2 aromatic rings. The molecule has 2 heterocycles. The molecule has 0 spiro atoms. The molecule has 78 valence electrons. The maximum atomic E-state index is 12.6. The molecule has 2 aromatic heterocycles. The number of aryl methyl sites for hydroxylation is 1. The van der Waals surface area contributed by atoms with Crippen LogP contribution in [-0.4, -0.2) is 25.0 Å². The molecule has 15 heavy (non-hydrogen) atoms. The third-order valence-electron chi connectivity index (χ3n) is 1.73. The second kappa shape index (κ2) is 3.99. The molecule has 0 aliphatic rings. The first-order valence-electron chi connectivity index (χ1n) is 4.31. The Morgan fingerprint density at radius 1 is 1.53 bits per heavy atom. The molecule has 0 radical (unpaired) electrons. The fourth-order valence-electron chi connectivity index (χ4n) is 1.09. The highest BCUT2D eigenvalue weighted by Gasteiger charge is 2.00. The maximum Gasteiger partial charge on any atom is 0.310 e. The Balaban J connectivity index is 1.99. The highest BCUT2D eigenvalue weighted by Crippen LogP contribution is 2.02. The van der Waals surface area contributed by atoms with Gasteiger partial charge in [0.1, 0.15) is 11.5 Å². The SMILES string of the molecule is Cn1cc(CNc2ccnc(F)n2)nn1. The smallest absolute Gasteiger partial charge is 0.310 e. The lowest BCUT2D eigenvalue weighted by Crippen LogP contribution is -2.03. The molecule has 0 saturated carbocycles. The van der Waals surface area contributed by atoms with Gasteiger partial charge in [-0.25, -0.2) is 4.98 Å². The molecule has 0 amide bonds. The molecule has 6 nitrogen and oxygen atoms in total. The van der Waals surface area contributed by atoms with Crippen molar-refractivity contribution in [3.8, 4) is 0 Å². The highest BCUT2D eigenvalue weighted by molar-refractivity contribution is 5.32. The van der Waals surface area contributed by atoms with Crippen molar-refractivity contribution in [3.63, 3.8) is 0 Å². The van der Waals surface area contributed by atoms with Gasteiger partial charge in [-0.2, -0.15) is 9.37 Å². The lowest BCUT2D eigenvalue weighted by atomic mass is 10.4. The van der Waals surface area contributed by atoms with E-state index in [1.165, 1.54) is 6.20 Å². The fraction of sp³-hybridized carbons (Fsp3) is 0.250. The van der Waals surface area contributed by atoms with E-state index in [1.54, 1.807) is 24.0 Å². The van der Waals surface area contributed by atoms with Crippen LogP contribution in [0, 0.1) is 6.08 Å². The molecule has 0 aliphatic heterocycles. The van der Waals surface area contributed by atoms with Crippen LogP contribution in [0.15, 0.2) is 18.5 Å². The topological polar surface area (TPSA) is 68.5 Å². The van der Waals surface area contributed by atoms with Crippen LogP contribution in [0.1, 0.15) is 5.69 Å². The monoisotopic (exact) mass is 208 g/mol. The van der Waals surface area contributed by atoms with E-state index in [9.17, 15) is 4.39 Å². The predicted molar refractivity (Wildman–Crippen MR) is 50.3 cm³/mol. The Morgan fingerprint density at radius 2 is 2.40 bits per heavy atom. The summed E-state index contributed by atoms with van der Waals surface area (Å²) in [6, 6.07) is 1.58. The number of aromatic nitrogens is 5. The summed E-state index contributed by atoms with van der Waals surface area (Å²) < 4.78 is 14.2. The largest absolute Gasteiger partial charge is 0.364 e. The summed E-state index contributed by atoms with van der Waals surface area (Å²) in [6.07, 6.45) is 2.37. The van der Waals surface area contributed by atoms with Gasteiger partial charge in [0.15, 0.2) is 0 Å². The molecule has 1 N–H and O–H groups in total. The van der Waals surface area contributed by atoms with Gasteiger partial charge in [0.2, 0.25) is 0 Å². The number of hydrogen-bond donors (Lipinski definition) is 1. The number of anilines is 1. The molecule has 2 rings (SSSR count). The van der Waals surface area contributed by atoms with Crippen molar-refractivity contribution >= 4 is 5.82 Å². The van der Waals surface area contributed by atoms with E-state index in [0.717, 1.165) is 5.69 Å². The van der Waals surface area contributed by atoms with Crippen molar-refractivity contribution in [1.29, 1.82) is 0 Å². The summed E-state index contributed by atoms with van der Waals surface area (Å²) >= 11 is 0. The van der Waals surface area contributed by atoms with Crippen molar-refractivity contribution in [2.24, 2.45) is 7.05 Å². The van der Waals surface area contributed by atoms with Crippen LogP contribution in [0.2, 0.25) is 0 Å². The van der Waals surface area contributed by atoms with Crippen molar-refractivity contribution < 1.29 is 4.39 Å². The van der Waals surface area contributed by atoms with E-state index in [-0.39, 0.29) is 0 Å². The van der Waals surface area contributed by atoms with Crippen LogP contribution < -0.4 is 5.32 Å². The molecule has 7 heteroatoms. The molecule has 0 fully saturated rings. The van der Waals surface area contributed by atoms with E-state index < -0.39 is 6.08 Å². The normalized spacial score (nSPS) is 10.3. The van der Waals surface area contributed by atoms with Gasteiger partial charge >= 0.3 is 6.08 Å². The van der Waals surface area contributed by atoms with Crippen LogP contribution in [0.3, 0.4) is 0 Å². The third kappa shape index (κ3) is 2.46. The quantitative estimate of drug-likeness (QED) is 0.737. The summed E-state index contributed by atoms with van der Waals surface area (Å²) in [5.41, 5.74) is 0.761. The lowest BCUT2D eigenvalue weighted by Gasteiger charge is -2.01. The third-order valence-corrected chi connectivity index (χ3v) is 1.73. The maximum absolute atomic E-state index is 12.6. The Kier molecular flexibility index (Phi) is 2.53. The van der Waals surface area contributed by atoms with Gasteiger partial charge in [-0.05, 0) is 6.07 Å². The fourth-order valence-corrected chi connectivity index (χ4v) is 1.09. The van der Waals surface area contributed by atoms with Gasteiger partial charge in [-0.1, -0.05) is 5.21 Å². The molecule has 0 unspecified atom stereocenters. The Labute approximate surface area is 85.2 Å². The van der Waals surface area contributed by atoms with Crippen molar-refractivity contribution in [1.82, 2.24) is 25.0 Å². The van der Waals surface area contributed by atoms with Gasteiger partial charge in [-0.15, -0.1) is 5.10 Å². The van der Waals surface area contributed by atoms with E-state index in [2.05, 4.69) is 25.6 Å². The molecular formula is C8H9FN6. The number of halogens is 1. The number of rotatable bonds is 3. The predicted octanol–water partition coefficient (Wildman–Crippen LogP) is 0.356. The Morgan fingerprint density at radius 3 is 3.07 bits per heavy atom. The summed E-state index contributed by atoms with van der Waals surface area (Å²) in [7, 11) is 1.78. The molecule has 0 aromatic carbocycles. The zero-order valence-corrected chi connectivity index (χ0v) is 8.05. The molecule has 0 atom stereocenters. The van der Waals surface area contributed by atoms with Gasteiger partial charge in [-0.3, -0.25) is 4.68 Å². The average Bonchev–Trinajstić information content (AvgIpc) is 2.62. The molecule has 0 saturated heterocycles. The van der Waals surface area contributed by atoms with E-state index in [4.69, 9.17) is 0 Å². The zero-order valence-electron chi connectivity index (χ0n) is 8.05. The van der Waals surface area contributed by atoms with Gasteiger partial charge < -0.3 is 5.32 Å². The molecular weight excluding hydrogens is 199 g/mol. The number of nitrogens with zero attached hydrogens (tertiary/aromatic N) is 5. The van der Waals surface area contributed by atoms with Crippen molar-refractivity contribution in [2.45, 2.75) is 6.54 Å². The van der Waals surface area contributed by atoms with Crippen molar-refractivity contribution in [3.05, 3.63) is 30.2 Å². The molecule has 0 aliphatic carbocycles. The summed E-state index contributed by atoms with van der Waals surface area (Å²) in [5.74, 6) is 0.424. The lowest BCUT2D eigenvalue weighted by molar-refractivity contribution is 0.540. The summed E-state index contributed by atoms with van der Waals surface area (Å²) in [6.45, 7) is 0.449. The van der Waals surface area contributed by atoms with Gasteiger partial charge in [0.05, 0.1) is 6.54 Å². The highest BCUT2D eigenvalue weighted by atomic mass is 19.1. The second-order valence-electron chi connectivity index (χ2n) is 2.95. The average molecular weight is 208 g/mol. The number of nitrogens with one attached hydrogen (secondary N) is 1. The first-order valence-corrected chi connectivity index (χ1v) is 4.31. The van der Waals surface area contributed by atoms with E-state index in [0.29, 0.717) is 12.4 Å². The first-order chi connectivity index (χ1) is 7.24. The zero-order chi connectivity index (χ0) is 10.7. The molecule has 0 bridgehead atoms. The Bertz CT molecular complexity index is 454. The van der Waals surface area contributed by atoms with E-state index in [1.807, 2.05) is 0 Å². The van der Waals surface area contributed by atoms with E-state index >= 15 is 0 Å². The minimum atomic E-state index is -0.751. The summed E-state index contributed by atoms with van der Waals surface area (Å²) in [5, 5.41) is 10.5.